The van der Waals surface area contributed by atoms with Crippen LogP contribution in [0.15, 0.2) is 30.3 Å². The third-order valence-corrected chi connectivity index (χ3v) is 6.05. The van der Waals surface area contributed by atoms with Gasteiger partial charge in [-0.05, 0) is 48.0 Å². The van der Waals surface area contributed by atoms with E-state index in [9.17, 15) is 4.79 Å². The first-order chi connectivity index (χ1) is 10.1. The van der Waals surface area contributed by atoms with Gasteiger partial charge in [0.25, 0.3) is 0 Å². The lowest BCUT2D eigenvalue weighted by Gasteiger charge is -2.62. The summed E-state index contributed by atoms with van der Waals surface area (Å²) < 4.78 is 5.83. The summed E-state index contributed by atoms with van der Waals surface area (Å²) in [5, 5.41) is 0. The summed E-state index contributed by atoms with van der Waals surface area (Å²) in [6.07, 6.45) is 4.64. The highest BCUT2D eigenvalue weighted by molar-refractivity contribution is 5.55. The van der Waals surface area contributed by atoms with E-state index in [2.05, 4.69) is 26.0 Å². The van der Waals surface area contributed by atoms with Crippen molar-refractivity contribution in [2.24, 2.45) is 29.1 Å². The predicted octanol–water partition coefficient (Wildman–Crippen LogP) is 4.09. The van der Waals surface area contributed by atoms with Crippen LogP contribution in [0.5, 0.6) is 0 Å². The highest BCUT2D eigenvalue weighted by atomic mass is 16.5. The van der Waals surface area contributed by atoms with E-state index in [1.54, 1.807) is 0 Å². The Hall–Kier alpha value is -1.15. The van der Waals surface area contributed by atoms with Gasteiger partial charge in [-0.2, -0.15) is 0 Å². The van der Waals surface area contributed by atoms with Crippen molar-refractivity contribution in [2.45, 2.75) is 39.7 Å². The second-order valence-corrected chi connectivity index (χ2v) is 7.39. The van der Waals surface area contributed by atoms with Gasteiger partial charge in [-0.15, -0.1) is 0 Å². The number of rotatable bonds is 6. The summed E-state index contributed by atoms with van der Waals surface area (Å²) in [6, 6.07) is 10.3. The maximum Gasteiger partial charge on any atom is 0.123 e. The molecular weight excluding hydrogens is 260 g/mol. The Morgan fingerprint density at radius 1 is 1.24 bits per heavy atom. The Bertz CT molecular complexity index is 480. The van der Waals surface area contributed by atoms with E-state index < -0.39 is 0 Å². The van der Waals surface area contributed by atoms with Gasteiger partial charge in [-0.25, -0.2) is 0 Å². The van der Waals surface area contributed by atoms with Crippen molar-refractivity contribution in [3.05, 3.63) is 35.9 Å². The molecule has 21 heavy (non-hydrogen) atoms. The number of hydrogen-bond acceptors (Lipinski definition) is 2. The van der Waals surface area contributed by atoms with Crippen LogP contribution in [-0.2, 0) is 16.1 Å². The zero-order valence-electron chi connectivity index (χ0n) is 13.1. The summed E-state index contributed by atoms with van der Waals surface area (Å²) in [5.41, 5.74) is 1.65. The Labute approximate surface area is 127 Å². The average molecular weight is 286 g/mol. The van der Waals surface area contributed by atoms with Crippen LogP contribution < -0.4 is 0 Å². The molecule has 0 aliphatic heterocycles. The number of fused-ring (bicyclic) bond motifs is 2. The van der Waals surface area contributed by atoms with Gasteiger partial charge in [0.05, 0.1) is 6.61 Å². The standard InChI is InChI=1S/C19H26O2/c1-19(2)16-10-15(12-20)17(18(19)11-16)8-9-21-13-14-6-4-3-5-7-14/h3-7,12,15-18H,8-11,13H2,1-2H3/t15-,16?,17-,18?/m0/s1. The normalized spacial score (nSPS) is 33.2. The highest BCUT2D eigenvalue weighted by Gasteiger charge is 2.57. The molecule has 2 heteroatoms. The summed E-state index contributed by atoms with van der Waals surface area (Å²) in [4.78, 5) is 11.4. The minimum Gasteiger partial charge on any atom is -0.377 e. The molecule has 0 N–H and O–H groups in total. The molecule has 2 nitrogen and oxygen atoms in total. The second-order valence-electron chi connectivity index (χ2n) is 7.39. The zero-order valence-corrected chi connectivity index (χ0v) is 13.1. The third-order valence-electron chi connectivity index (χ3n) is 6.05. The first-order valence-electron chi connectivity index (χ1n) is 8.20. The number of aldehydes is 1. The molecule has 2 unspecified atom stereocenters. The minimum absolute atomic E-state index is 0.266. The predicted molar refractivity (Wildman–Crippen MR) is 83.8 cm³/mol. The summed E-state index contributed by atoms with van der Waals surface area (Å²) in [5.74, 6) is 2.27. The number of carbonyl (C=O) groups excluding carboxylic acids is 1. The van der Waals surface area contributed by atoms with Crippen molar-refractivity contribution in [2.75, 3.05) is 6.61 Å². The van der Waals surface area contributed by atoms with E-state index in [0.717, 1.165) is 25.4 Å². The number of ether oxygens (including phenoxy) is 1. The zero-order chi connectivity index (χ0) is 14.9. The lowest BCUT2D eigenvalue weighted by atomic mass is 9.43. The Balaban J connectivity index is 1.50. The van der Waals surface area contributed by atoms with Crippen LogP contribution >= 0.6 is 0 Å². The molecule has 2 bridgehead atoms. The molecule has 4 atom stereocenters. The van der Waals surface area contributed by atoms with Crippen LogP contribution in [0.25, 0.3) is 0 Å². The maximum atomic E-state index is 11.4. The lowest BCUT2D eigenvalue weighted by molar-refractivity contribution is -0.150. The van der Waals surface area contributed by atoms with Gasteiger partial charge < -0.3 is 9.53 Å². The summed E-state index contributed by atoms with van der Waals surface area (Å²) in [7, 11) is 0. The Kier molecular flexibility index (Phi) is 4.17. The molecule has 4 rings (SSSR count). The minimum atomic E-state index is 0.266. The SMILES string of the molecule is CC1(C)C2CC1[C@@H](CCOCc1ccccc1)[C@H](C=O)C2. The van der Waals surface area contributed by atoms with Crippen molar-refractivity contribution >= 4 is 6.29 Å². The van der Waals surface area contributed by atoms with Crippen LogP contribution in [-0.4, -0.2) is 12.9 Å². The van der Waals surface area contributed by atoms with Gasteiger partial charge in [0, 0.05) is 12.5 Å². The van der Waals surface area contributed by atoms with E-state index in [1.807, 2.05) is 18.2 Å². The highest BCUT2D eigenvalue weighted by Crippen LogP contribution is 2.63. The Morgan fingerprint density at radius 2 is 2.00 bits per heavy atom. The van der Waals surface area contributed by atoms with Crippen LogP contribution in [0.4, 0.5) is 0 Å². The summed E-state index contributed by atoms with van der Waals surface area (Å²) in [6.45, 7) is 6.20. The first kappa shape index (κ1) is 14.8. The molecule has 3 aliphatic carbocycles. The van der Waals surface area contributed by atoms with Crippen molar-refractivity contribution in [3.63, 3.8) is 0 Å². The molecule has 0 spiro atoms. The topological polar surface area (TPSA) is 26.3 Å². The van der Waals surface area contributed by atoms with Crippen LogP contribution in [0, 0.1) is 29.1 Å². The fourth-order valence-electron chi connectivity index (χ4n) is 4.54. The van der Waals surface area contributed by atoms with Gasteiger partial charge in [0.1, 0.15) is 6.29 Å². The van der Waals surface area contributed by atoms with Gasteiger partial charge in [0.15, 0.2) is 0 Å². The molecule has 0 aromatic heterocycles. The number of carbonyl (C=O) groups is 1. The van der Waals surface area contributed by atoms with Crippen molar-refractivity contribution in [1.29, 1.82) is 0 Å². The lowest BCUT2D eigenvalue weighted by Crippen LogP contribution is -2.56. The average Bonchev–Trinajstić information content (AvgIpc) is 2.52. The van der Waals surface area contributed by atoms with E-state index >= 15 is 0 Å². The van der Waals surface area contributed by atoms with Crippen LogP contribution in [0.1, 0.15) is 38.7 Å². The van der Waals surface area contributed by atoms with Gasteiger partial charge >= 0.3 is 0 Å². The van der Waals surface area contributed by atoms with Crippen molar-refractivity contribution < 1.29 is 9.53 Å². The maximum absolute atomic E-state index is 11.4. The first-order valence-corrected chi connectivity index (χ1v) is 8.20. The number of hydrogen-bond donors (Lipinski definition) is 0. The Morgan fingerprint density at radius 3 is 2.67 bits per heavy atom. The second kappa shape index (κ2) is 5.92. The molecule has 3 saturated carbocycles. The molecule has 1 aromatic carbocycles. The molecule has 0 heterocycles. The van der Waals surface area contributed by atoms with Crippen molar-refractivity contribution in [3.8, 4) is 0 Å². The van der Waals surface area contributed by atoms with Gasteiger partial charge in [-0.3, -0.25) is 0 Å². The molecule has 0 saturated heterocycles. The smallest absolute Gasteiger partial charge is 0.123 e. The molecule has 3 fully saturated rings. The fraction of sp³-hybridized carbons (Fsp3) is 0.632. The van der Waals surface area contributed by atoms with Crippen molar-refractivity contribution in [1.82, 2.24) is 0 Å². The fourth-order valence-corrected chi connectivity index (χ4v) is 4.54. The van der Waals surface area contributed by atoms with Crippen LogP contribution in [0.3, 0.4) is 0 Å². The van der Waals surface area contributed by atoms with Gasteiger partial charge in [0.2, 0.25) is 0 Å². The van der Waals surface area contributed by atoms with E-state index in [0.29, 0.717) is 23.9 Å². The molecule has 1 aromatic rings. The molecule has 0 amide bonds. The summed E-state index contributed by atoms with van der Waals surface area (Å²) >= 11 is 0. The molecule has 114 valence electrons. The largest absolute Gasteiger partial charge is 0.377 e. The van der Waals surface area contributed by atoms with Gasteiger partial charge in [-0.1, -0.05) is 44.2 Å². The molecular formula is C19H26O2. The monoisotopic (exact) mass is 286 g/mol. The molecule has 0 radical (unpaired) electrons. The molecule has 3 aliphatic rings. The van der Waals surface area contributed by atoms with E-state index in [1.165, 1.54) is 18.3 Å². The van der Waals surface area contributed by atoms with E-state index in [-0.39, 0.29) is 5.92 Å². The number of benzene rings is 1. The van der Waals surface area contributed by atoms with Crippen LogP contribution in [0.2, 0.25) is 0 Å². The quantitative estimate of drug-likeness (QED) is 0.581. The van der Waals surface area contributed by atoms with E-state index in [4.69, 9.17) is 4.74 Å². The third kappa shape index (κ3) is 2.78.